The number of halogens is 1. The highest BCUT2D eigenvalue weighted by molar-refractivity contribution is 7.23. The van der Waals surface area contributed by atoms with Crippen LogP contribution in [0.2, 0.25) is 0 Å². The van der Waals surface area contributed by atoms with Crippen LogP contribution in [0.25, 0.3) is 42.9 Å². The average Bonchev–Trinajstić information content (AvgIpc) is 3.62. The second-order valence-electron chi connectivity index (χ2n) is 9.67. The Morgan fingerprint density at radius 3 is 2.70 bits per heavy atom. The molecular weight excluding hydrogens is 567 g/mol. The number of carbonyl (C=O) groups excluding carboxylic acids is 1. The van der Waals surface area contributed by atoms with Gasteiger partial charge >= 0.3 is 6.01 Å². The van der Waals surface area contributed by atoms with Gasteiger partial charge in [-0.1, -0.05) is 18.7 Å². The van der Waals surface area contributed by atoms with Gasteiger partial charge in [0.25, 0.3) is 0 Å². The Balaban J connectivity index is 1.49. The topological polar surface area (TPSA) is 134 Å². The second kappa shape index (κ2) is 11.4. The minimum absolute atomic E-state index is 0.0124. The molecule has 0 radical (unpaired) electrons. The molecule has 0 saturated carbocycles. The lowest BCUT2D eigenvalue weighted by Gasteiger charge is -2.10. The van der Waals surface area contributed by atoms with Crippen molar-refractivity contribution in [2.45, 2.75) is 13.5 Å². The summed E-state index contributed by atoms with van der Waals surface area (Å²) in [5, 5.41) is 7.74. The number of nitrogen functional groups attached to an aromatic ring is 1. The van der Waals surface area contributed by atoms with Gasteiger partial charge < -0.3 is 15.8 Å². The molecule has 6 aromatic rings. The number of hydrogen-bond donors (Lipinski definition) is 2. The molecule has 1 aromatic carbocycles. The lowest BCUT2D eigenvalue weighted by atomic mass is 9.98. The number of carbonyl (C=O) groups is 1. The van der Waals surface area contributed by atoms with Gasteiger partial charge in [-0.15, -0.1) is 11.3 Å². The van der Waals surface area contributed by atoms with Crippen molar-refractivity contribution in [2.24, 2.45) is 7.05 Å². The first kappa shape index (κ1) is 27.7. The molecule has 6 rings (SSSR count). The Kier molecular flexibility index (Phi) is 7.34. The molecule has 0 unspecified atom stereocenters. The van der Waals surface area contributed by atoms with Crippen molar-refractivity contribution in [1.29, 1.82) is 0 Å². The summed E-state index contributed by atoms with van der Waals surface area (Å²) in [6, 6.07) is 10.2. The van der Waals surface area contributed by atoms with Crippen LogP contribution >= 0.6 is 11.3 Å². The van der Waals surface area contributed by atoms with Gasteiger partial charge in [0.05, 0.1) is 16.8 Å². The predicted molar refractivity (Wildman–Crippen MR) is 164 cm³/mol. The maximum atomic E-state index is 15.5. The van der Waals surface area contributed by atoms with Crippen molar-refractivity contribution in [1.82, 2.24) is 35.0 Å². The fraction of sp³-hybridized carbons (Fsp3) is 0.0968. The smallest absolute Gasteiger partial charge is 0.322 e. The number of ether oxygens (including phenoxy) is 1. The fourth-order valence-electron chi connectivity index (χ4n) is 4.58. The summed E-state index contributed by atoms with van der Waals surface area (Å²) < 4.78 is 23.8. The van der Waals surface area contributed by atoms with Gasteiger partial charge in [0.15, 0.2) is 11.6 Å². The largest absolute Gasteiger partial charge is 0.421 e. The third kappa shape index (κ3) is 5.55. The van der Waals surface area contributed by atoms with Gasteiger partial charge in [0, 0.05) is 70.9 Å². The van der Waals surface area contributed by atoms with Crippen molar-refractivity contribution >= 4 is 33.1 Å². The maximum absolute atomic E-state index is 15.5. The first-order valence-electron chi connectivity index (χ1n) is 13.1. The van der Waals surface area contributed by atoms with E-state index in [2.05, 4.69) is 31.9 Å². The first-order chi connectivity index (χ1) is 20.8. The van der Waals surface area contributed by atoms with E-state index in [1.165, 1.54) is 29.5 Å². The van der Waals surface area contributed by atoms with Crippen molar-refractivity contribution in [3.05, 3.63) is 97.1 Å². The SMILES string of the molecule is C=CC(=O)NCc1ccc(-c2sc3c(-c4cnn(C)c4)cnc(N)c3c2-c2ccc(Oc3nccc(C)n3)c(F)c2)nc1. The molecule has 10 nitrogen and oxygen atoms in total. The van der Waals surface area contributed by atoms with E-state index in [4.69, 9.17) is 15.5 Å². The van der Waals surface area contributed by atoms with Crippen molar-refractivity contribution in [3.63, 3.8) is 0 Å². The van der Waals surface area contributed by atoms with E-state index in [9.17, 15) is 4.79 Å². The van der Waals surface area contributed by atoms with Crippen LogP contribution in [0.1, 0.15) is 11.3 Å². The van der Waals surface area contributed by atoms with E-state index in [1.54, 1.807) is 48.5 Å². The summed E-state index contributed by atoms with van der Waals surface area (Å²) in [7, 11) is 1.84. The predicted octanol–water partition coefficient (Wildman–Crippen LogP) is 5.84. The van der Waals surface area contributed by atoms with Gasteiger partial charge in [0.2, 0.25) is 5.91 Å². The number of benzene rings is 1. The van der Waals surface area contributed by atoms with E-state index in [0.29, 0.717) is 40.3 Å². The van der Waals surface area contributed by atoms with E-state index < -0.39 is 5.82 Å². The van der Waals surface area contributed by atoms with Crippen LogP contribution in [0, 0.1) is 12.7 Å². The number of anilines is 1. The Labute approximate surface area is 249 Å². The molecule has 0 aliphatic heterocycles. The maximum Gasteiger partial charge on any atom is 0.322 e. The van der Waals surface area contributed by atoms with Gasteiger partial charge in [-0.2, -0.15) is 5.10 Å². The highest BCUT2D eigenvalue weighted by atomic mass is 32.1. The van der Waals surface area contributed by atoms with Gasteiger partial charge in [0.1, 0.15) is 5.82 Å². The minimum atomic E-state index is -0.593. The number of nitrogens with two attached hydrogens (primary N) is 1. The highest BCUT2D eigenvalue weighted by Crippen LogP contribution is 2.49. The number of thiophene rings is 1. The summed E-state index contributed by atoms with van der Waals surface area (Å²) in [6.07, 6.45) is 9.83. The van der Waals surface area contributed by atoms with E-state index in [0.717, 1.165) is 26.3 Å². The third-order valence-corrected chi connectivity index (χ3v) is 7.91. The van der Waals surface area contributed by atoms with Crippen LogP contribution in [0.4, 0.5) is 10.2 Å². The molecule has 0 fully saturated rings. The molecule has 0 spiro atoms. The summed E-state index contributed by atoms with van der Waals surface area (Å²) in [5.41, 5.74) is 11.6. The molecular formula is C31H25FN8O2S. The van der Waals surface area contributed by atoms with Gasteiger partial charge in [-0.05, 0) is 48.4 Å². The number of pyridine rings is 2. The summed E-state index contributed by atoms with van der Waals surface area (Å²) in [6.45, 7) is 5.57. The average molecular weight is 593 g/mol. The molecule has 0 aliphatic carbocycles. The lowest BCUT2D eigenvalue weighted by molar-refractivity contribution is -0.116. The van der Waals surface area contributed by atoms with Gasteiger partial charge in [-0.3, -0.25) is 14.5 Å². The standard InChI is InChI=1S/C31H25FN8O2S/c1-4-25(41)36-13-18-5-7-23(35-12-18)29-26(19-6-8-24(22(32)11-19)42-31-34-10-9-17(2)39-31)27-28(43-29)21(15-37-30(27)33)20-14-38-40(3)16-20/h4-12,14-16H,1,13H2,2-3H3,(H2,33,37)(H,36,41). The molecule has 214 valence electrons. The molecule has 12 heteroatoms. The zero-order valence-electron chi connectivity index (χ0n) is 23.2. The monoisotopic (exact) mass is 592 g/mol. The lowest BCUT2D eigenvalue weighted by Crippen LogP contribution is -2.19. The molecule has 0 bridgehead atoms. The second-order valence-corrected chi connectivity index (χ2v) is 10.7. The number of fused-ring (bicyclic) bond motifs is 1. The molecule has 5 heterocycles. The van der Waals surface area contributed by atoms with Crippen molar-refractivity contribution in [3.8, 4) is 44.6 Å². The molecule has 3 N–H and O–H groups in total. The highest BCUT2D eigenvalue weighted by Gasteiger charge is 2.23. The number of nitrogens with zero attached hydrogens (tertiary/aromatic N) is 6. The molecule has 43 heavy (non-hydrogen) atoms. The number of rotatable bonds is 8. The third-order valence-electron chi connectivity index (χ3n) is 6.66. The Morgan fingerprint density at radius 1 is 1.14 bits per heavy atom. The van der Waals surface area contributed by atoms with Crippen molar-refractivity contribution in [2.75, 3.05) is 5.73 Å². The minimum Gasteiger partial charge on any atom is -0.421 e. The number of aromatic nitrogens is 6. The molecule has 5 aromatic heterocycles. The quantitative estimate of drug-likeness (QED) is 0.211. The Hall–Kier alpha value is -5.49. The molecule has 0 aliphatic rings. The number of amides is 1. The van der Waals surface area contributed by atoms with Crippen LogP contribution in [-0.4, -0.2) is 35.6 Å². The fourth-order valence-corrected chi connectivity index (χ4v) is 5.92. The first-order valence-corrected chi connectivity index (χ1v) is 14.0. The van der Waals surface area contributed by atoms with Crippen LogP contribution < -0.4 is 15.8 Å². The van der Waals surface area contributed by atoms with E-state index in [1.807, 2.05) is 25.4 Å². The molecule has 0 atom stereocenters. The zero-order valence-corrected chi connectivity index (χ0v) is 24.0. The molecule has 0 saturated heterocycles. The number of aryl methyl sites for hydroxylation is 2. The van der Waals surface area contributed by atoms with Crippen LogP contribution in [0.3, 0.4) is 0 Å². The summed E-state index contributed by atoms with van der Waals surface area (Å²) in [5.74, 6) is -0.575. The number of nitrogens with one attached hydrogen (secondary N) is 1. The molecule has 1 amide bonds. The van der Waals surface area contributed by atoms with E-state index in [-0.39, 0.29) is 17.7 Å². The zero-order chi connectivity index (χ0) is 30.1. The summed E-state index contributed by atoms with van der Waals surface area (Å²) >= 11 is 1.48. The Bertz CT molecular complexity index is 2000. The Morgan fingerprint density at radius 2 is 2.00 bits per heavy atom. The van der Waals surface area contributed by atoms with Crippen LogP contribution in [-0.2, 0) is 18.4 Å². The van der Waals surface area contributed by atoms with E-state index >= 15 is 4.39 Å². The number of hydrogen-bond acceptors (Lipinski definition) is 9. The van der Waals surface area contributed by atoms with Crippen LogP contribution in [0.5, 0.6) is 11.8 Å². The van der Waals surface area contributed by atoms with Crippen molar-refractivity contribution < 1.29 is 13.9 Å². The normalized spacial score (nSPS) is 11.0. The summed E-state index contributed by atoms with van der Waals surface area (Å²) in [4.78, 5) is 29.8. The van der Waals surface area contributed by atoms with Gasteiger partial charge in [-0.25, -0.2) is 19.3 Å². The van der Waals surface area contributed by atoms with Crippen LogP contribution in [0.15, 0.2) is 80.0 Å².